The quantitative estimate of drug-likeness (QED) is 0.358. The Morgan fingerprint density at radius 1 is 1.13 bits per heavy atom. The van der Waals surface area contributed by atoms with Crippen LogP contribution in [0.5, 0.6) is 0 Å². The lowest BCUT2D eigenvalue weighted by Gasteiger charge is -2.38. The molecule has 0 bridgehead atoms. The molecular weight excluding hydrogens is 438 g/mol. The second-order valence-electron chi connectivity index (χ2n) is 7.73. The molecule has 0 N–H and O–H groups in total. The Bertz CT molecular complexity index is 933. The summed E-state index contributed by atoms with van der Waals surface area (Å²) in [7, 11) is 0. The molecule has 2 saturated heterocycles. The van der Waals surface area contributed by atoms with Gasteiger partial charge in [0.2, 0.25) is 5.91 Å². The van der Waals surface area contributed by atoms with E-state index in [2.05, 4.69) is 0 Å². The molecule has 0 aromatic heterocycles. The van der Waals surface area contributed by atoms with Crippen LogP contribution < -0.4 is 0 Å². The van der Waals surface area contributed by atoms with E-state index >= 15 is 0 Å². The standard InChI is InChI=1S/C23H22ClNO5S/c1-23(14-29-19(27)13-24)21(25-17(26)12-18(25)31-23)22(28)30-20(15-8-4-2-5-9-15)16-10-6-3-7-11-16/h2-11,18,20-21H,12-14H2,1H3/t18-,21+,23+/m1/s1. The molecule has 2 heterocycles. The summed E-state index contributed by atoms with van der Waals surface area (Å²) >= 11 is 7.00. The number of nitrogens with zero attached hydrogens (tertiary/aromatic N) is 1. The summed E-state index contributed by atoms with van der Waals surface area (Å²) < 4.78 is 10.5. The Balaban J connectivity index is 1.61. The van der Waals surface area contributed by atoms with Crippen LogP contribution in [0.1, 0.15) is 30.6 Å². The zero-order valence-corrected chi connectivity index (χ0v) is 18.5. The number of hydrogen-bond acceptors (Lipinski definition) is 6. The molecule has 4 rings (SSSR count). The molecule has 2 aromatic carbocycles. The summed E-state index contributed by atoms with van der Waals surface area (Å²) in [6, 6.07) is 18.1. The van der Waals surface area contributed by atoms with Gasteiger partial charge in [-0.25, -0.2) is 4.79 Å². The van der Waals surface area contributed by atoms with E-state index in [0.717, 1.165) is 11.1 Å². The number of amides is 1. The van der Waals surface area contributed by atoms with Gasteiger partial charge < -0.3 is 14.4 Å². The molecule has 0 spiro atoms. The van der Waals surface area contributed by atoms with Crippen LogP contribution in [-0.2, 0) is 23.9 Å². The molecule has 3 atom stereocenters. The van der Waals surface area contributed by atoms with Crippen molar-refractivity contribution in [3.63, 3.8) is 0 Å². The van der Waals surface area contributed by atoms with Gasteiger partial charge in [-0.05, 0) is 18.1 Å². The summed E-state index contributed by atoms with van der Waals surface area (Å²) in [5, 5.41) is -0.128. The Kier molecular flexibility index (Phi) is 6.25. The van der Waals surface area contributed by atoms with Gasteiger partial charge in [0.1, 0.15) is 18.5 Å². The molecule has 0 saturated carbocycles. The fourth-order valence-corrected chi connectivity index (χ4v) is 5.73. The second kappa shape index (κ2) is 8.93. The maximum Gasteiger partial charge on any atom is 0.331 e. The second-order valence-corrected chi connectivity index (χ2v) is 9.71. The van der Waals surface area contributed by atoms with Crippen molar-refractivity contribution in [2.24, 2.45) is 0 Å². The van der Waals surface area contributed by atoms with Crippen molar-refractivity contribution in [1.82, 2.24) is 4.90 Å². The van der Waals surface area contributed by atoms with Gasteiger partial charge in [-0.1, -0.05) is 60.7 Å². The first-order chi connectivity index (χ1) is 14.9. The van der Waals surface area contributed by atoms with E-state index in [9.17, 15) is 14.4 Å². The fourth-order valence-electron chi connectivity index (χ4n) is 3.98. The Morgan fingerprint density at radius 3 is 2.23 bits per heavy atom. The Labute approximate surface area is 189 Å². The number of ether oxygens (including phenoxy) is 2. The zero-order chi connectivity index (χ0) is 22.0. The minimum absolute atomic E-state index is 0.0371. The van der Waals surface area contributed by atoms with Crippen molar-refractivity contribution in [3.05, 3.63) is 71.8 Å². The van der Waals surface area contributed by atoms with Crippen LogP contribution in [0, 0.1) is 0 Å². The minimum atomic E-state index is -0.859. The van der Waals surface area contributed by atoms with Crippen molar-refractivity contribution >= 4 is 41.2 Å². The van der Waals surface area contributed by atoms with Crippen molar-refractivity contribution in [3.8, 4) is 0 Å². The third-order valence-electron chi connectivity index (χ3n) is 5.50. The van der Waals surface area contributed by atoms with Crippen LogP contribution >= 0.6 is 23.4 Å². The summed E-state index contributed by atoms with van der Waals surface area (Å²) in [6.07, 6.45) is -0.265. The SMILES string of the molecule is C[C@@]1(COC(=O)CCl)S[C@@H]2CC(=O)N2[C@H]1C(=O)OC(c1ccccc1)c1ccccc1. The summed E-state index contributed by atoms with van der Waals surface area (Å²) in [5.41, 5.74) is 1.66. The first-order valence-electron chi connectivity index (χ1n) is 9.94. The number of β-lactam (4-membered cyclic amide) rings is 1. The third-order valence-corrected chi connectivity index (χ3v) is 7.26. The zero-order valence-electron chi connectivity index (χ0n) is 16.9. The van der Waals surface area contributed by atoms with Crippen LogP contribution in [0.15, 0.2) is 60.7 Å². The highest BCUT2D eigenvalue weighted by Crippen LogP contribution is 2.51. The predicted molar refractivity (Wildman–Crippen MR) is 118 cm³/mol. The van der Waals surface area contributed by atoms with Crippen LogP contribution in [0.25, 0.3) is 0 Å². The highest BCUT2D eigenvalue weighted by atomic mass is 35.5. The van der Waals surface area contributed by atoms with E-state index in [4.69, 9.17) is 21.1 Å². The third kappa shape index (κ3) is 4.29. The topological polar surface area (TPSA) is 72.9 Å². The van der Waals surface area contributed by atoms with Gasteiger partial charge in [0.25, 0.3) is 0 Å². The lowest BCUT2D eigenvalue weighted by atomic mass is 9.96. The number of benzene rings is 2. The number of hydrogen-bond donors (Lipinski definition) is 0. The summed E-state index contributed by atoms with van der Waals surface area (Å²) in [5.74, 6) is -1.47. The molecule has 2 aliphatic heterocycles. The largest absolute Gasteiger partial charge is 0.463 e. The van der Waals surface area contributed by atoms with Crippen molar-refractivity contribution in [1.29, 1.82) is 0 Å². The van der Waals surface area contributed by atoms with Crippen LogP contribution in [-0.4, -0.2) is 51.4 Å². The first kappa shape index (κ1) is 21.7. The van der Waals surface area contributed by atoms with Crippen LogP contribution in [0.3, 0.4) is 0 Å². The monoisotopic (exact) mass is 459 g/mol. The molecule has 2 fully saturated rings. The number of carbonyl (C=O) groups is 3. The van der Waals surface area contributed by atoms with E-state index in [1.807, 2.05) is 67.6 Å². The van der Waals surface area contributed by atoms with E-state index in [-0.39, 0.29) is 23.8 Å². The molecule has 2 aliphatic rings. The molecule has 0 unspecified atom stereocenters. The average Bonchev–Trinajstić information content (AvgIpc) is 3.04. The number of esters is 2. The number of thioether (sulfide) groups is 1. The molecular formula is C23H22ClNO5S. The van der Waals surface area contributed by atoms with E-state index < -0.39 is 28.8 Å². The Morgan fingerprint density at radius 2 is 1.71 bits per heavy atom. The predicted octanol–water partition coefficient (Wildman–Crippen LogP) is 3.53. The molecule has 162 valence electrons. The normalized spacial score (nSPS) is 24.5. The van der Waals surface area contributed by atoms with Gasteiger partial charge in [-0.2, -0.15) is 0 Å². The van der Waals surface area contributed by atoms with Gasteiger partial charge in [0.05, 0.1) is 16.5 Å². The molecule has 2 aromatic rings. The molecule has 0 aliphatic carbocycles. The Hall–Kier alpha value is -2.51. The van der Waals surface area contributed by atoms with Crippen molar-refractivity contribution < 1.29 is 23.9 Å². The minimum Gasteiger partial charge on any atom is -0.463 e. The first-order valence-corrected chi connectivity index (χ1v) is 11.4. The maximum absolute atomic E-state index is 13.5. The van der Waals surface area contributed by atoms with E-state index in [0.29, 0.717) is 6.42 Å². The molecule has 8 heteroatoms. The smallest absolute Gasteiger partial charge is 0.331 e. The number of alkyl halides is 1. The summed E-state index contributed by atoms with van der Waals surface area (Å²) in [4.78, 5) is 39.0. The van der Waals surface area contributed by atoms with Crippen molar-refractivity contribution in [2.75, 3.05) is 12.5 Å². The fraction of sp³-hybridized carbons (Fsp3) is 0.348. The van der Waals surface area contributed by atoms with Crippen LogP contribution in [0.4, 0.5) is 0 Å². The van der Waals surface area contributed by atoms with Gasteiger partial charge in [0, 0.05) is 0 Å². The number of carbonyl (C=O) groups excluding carboxylic acids is 3. The van der Waals surface area contributed by atoms with Gasteiger partial charge in [-0.3, -0.25) is 9.59 Å². The molecule has 31 heavy (non-hydrogen) atoms. The van der Waals surface area contributed by atoms with Crippen molar-refractivity contribution in [2.45, 2.75) is 35.6 Å². The summed E-state index contributed by atoms with van der Waals surface area (Å²) in [6.45, 7) is 1.78. The lowest BCUT2D eigenvalue weighted by Crippen LogP contribution is -2.58. The molecule has 1 amide bonds. The number of fused-ring (bicyclic) bond motifs is 1. The van der Waals surface area contributed by atoms with Gasteiger partial charge in [0.15, 0.2) is 6.10 Å². The molecule has 6 nitrogen and oxygen atoms in total. The van der Waals surface area contributed by atoms with Crippen LogP contribution in [0.2, 0.25) is 0 Å². The van der Waals surface area contributed by atoms with E-state index in [1.165, 1.54) is 11.8 Å². The van der Waals surface area contributed by atoms with Gasteiger partial charge >= 0.3 is 11.9 Å². The van der Waals surface area contributed by atoms with Gasteiger partial charge in [-0.15, -0.1) is 23.4 Å². The lowest BCUT2D eigenvalue weighted by molar-refractivity contribution is -0.165. The van der Waals surface area contributed by atoms with E-state index in [1.54, 1.807) is 4.90 Å². The number of rotatable bonds is 7. The maximum atomic E-state index is 13.5. The highest BCUT2D eigenvalue weighted by Gasteiger charge is 2.61. The highest BCUT2D eigenvalue weighted by molar-refractivity contribution is 8.01. The molecule has 0 radical (unpaired) electrons. The average molecular weight is 460 g/mol. The number of halogens is 1.